The number of fused-ring (bicyclic) bond motifs is 3. The van der Waals surface area contributed by atoms with E-state index in [1.54, 1.807) is 0 Å². The van der Waals surface area contributed by atoms with Gasteiger partial charge in [-0.3, -0.25) is 14.5 Å². The van der Waals surface area contributed by atoms with Gasteiger partial charge in [-0.05, 0) is 47.7 Å². The minimum Gasteiger partial charge on any atom is -0.481 e. The van der Waals surface area contributed by atoms with Crippen LogP contribution in [0.1, 0.15) is 54.7 Å². The van der Waals surface area contributed by atoms with Crippen molar-refractivity contribution in [2.45, 2.75) is 56.7 Å². The van der Waals surface area contributed by atoms with E-state index in [1.807, 2.05) is 66.5 Å². The number of aliphatic carboxylic acids is 1. The SMILES string of the molecule is CN(Cc1ccccc1)CC(NC(=O)OCC1c2ccccc2-c2ccccc21)C(=O)N[C@@H]1CCCCC[C@@H]1C(=O)O. The third kappa shape index (κ3) is 6.99. The molecule has 8 heteroatoms. The van der Waals surface area contributed by atoms with E-state index in [0.717, 1.165) is 47.1 Å². The average molecular weight is 570 g/mol. The van der Waals surface area contributed by atoms with Gasteiger partial charge in [-0.15, -0.1) is 0 Å². The number of benzene rings is 3. The molecule has 0 saturated heterocycles. The first-order valence-electron chi connectivity index (χ1n) is 14.8. The number of likely N-dealkylation sites (N-methyl/N-ethyl adjacent to an activating group) is 1. The molecule has 42 heavy (non-hydrogen) atoms. The Bertz CT molecular complexity index is 1350. The number of carboxylic acid groups (broad SMARTS) is 1. The fourth-order valence-electron chi connectivity index (χ4n) is 6.31. The van der Waals surface area contributed by atoms with Gasteiger partial charge in [0.25, 0.3) is 0 Å². The van der Waals surface area contributed by atoms with Gasteiger partial charge in [-0.25, -0.2) is 4.79 Å². The summed E-state index contributed by atoms with van der Waals surface area (Å²) < 4.78 is 5.75. The molecule has 0 heterocycles. The third-order valence-electron chi connectivity index (χ3n) is 8.40. The van der Waals surface area contributed by atoms with Crippen LogP contribution in [0.2, 0.25) is 0 Å². The number of alkyl carbamates (subject to hydrolysis) is 1. The summed E-state index contributed by atoms with van der Waals surface area (Å²) in [6.45, 7) is 0.950. The predicted molar refractivity (Wildman–Crippen MR) is 161 cm³/mol. The summed E-state index contributed by atoms with van der Waals surface area (Å²) in [6, 6.07) is 24.7. The van der Waals surface area contributed by atoms with E-state index in [2.05, 4.69) is 34.9 Å². The molecule has 1 fully saturated rings. The summed E-state index contributed by atoms with van der Waals surface area (Å²) >= 11 is 0. The molecule has 8 nitrogen and oxygen atoms in total. The molecule has 1 saturated carbocycles. The molecule has 0 aromatic heterocycles. The molecule has 2 aliphatic carbocycles. The number of amides is 2. The molecule has 3 atom stereocenters. The van der Waals surface area contributed by atoms with Gasteiger partial charge in [-0.2, -0.15) is 0 Å². The first kappa shape index (κ1) is 29.3. The van der Waals surface area contributed by atoms with Crippen LogP contribution < -0.4 is 10.6 Å². The standard InChI is InChI=1S/C34H39N3O5/c1-37(20-23-12-4-2-5-13-23)21-31(32(38)35-30-19-7-3-6-18-28(30)33(39)40)36-34(41)42-22-29-26-16-10-8-14-24(26)25-15-9-11-17-27(25)29/h2,4-5,8-17,28-31H,3,6-7,18-22H2,1H3,(H,35,38)(H,36,41)(H,39,40)/t28-,30+,31?/m0/s1. The second-order valence-electron chi connectivity index (χ2n) is 11.4. The van der Waals surface area contributed by atoms with E-state index in [4.69, 9.17) is 4.74 Å². The second kappa shape index (κ2) is 13.7. The van der Waals surface area contributed by atoms with Crippen molar-refractivity contribution in [3.63, 3.8) is 0 Å². The number of hydrogen-bond donors (Lipinski definition) is 3. The van der Waals surface area contributed by atoms with Crippen LogP contribution in [0, 0.1) is 5.92 Å². The first-order valence-corrected chi connectivity index (χ1v) is 14.8. The van der Waals surface area contributed by atoms with Crippen molar-refractivity contribution in [2.75, 3.05) is 20.2 Å². The number of carboxylic acids is 1. The average Bonchev–Trinajstić information content (AvgIpc) is 3.11. The lowest BCUT2D eigenvalue weighted by Gasteiger charge is -2.28. The summed E-state index contributed by atoms with van der Waals surface area (Å²) in [5.41, 5.74) is 5.57. The van der Waals surface area contributed by atoms with Crippen molar-refractivity contribution in [3.05, 3.63) is 95.6 Å². The van der Waals surface area contributed by atoms with Crippen LogP contribution in [0.4, 0.5) is 4.79 Å². The molecule has 5 rings (SSSR count). The van der Waals surface area contributed by atoms with Crippen molar-refractivity contribution >= 4 is 18.0 Å². The van der Waals surface area contributed by atoms with Crippen molar-refractivity contribution in [1.29, 1.82) is 0 Å². The molecule has 0 bridgehead atoms. The molecule has 1 unspecified atom stereocenters. The molecular weight excluding hydrogens is 530 g/mol. The number of nitrogens with one attached hydrogen (secondary N) is 2. The molecule has 0 spiro atoms. The fraction of sp³-hybridized carbons (Fsp3) is 0.382. The number of ether oxygens (including phenoxy) is 1. The lowest BCUT2D eigenvalue weighted by molar-refractivity contribution is -0.143. The van der Waals surface area contributed by atoms with Crippen LogP contribution >= 0.6 is 0 Å². The molecule has 3 N–H and O–H groups in total. The number of carbonyl (C=O) groups excluding carboxylic acids is 2. The Morgan fingerprint density at radius 2 is 1.50 bits per heavy atom. The Morgan fingerprint density at radius 3 is 2.17 bits per heavy atom. The van der Waals surface area contributed by atoms with Gasteiger partial charge in [0.1, 0.15) is 12.6 Å². The van der Waals surface area contributed by atoms with Gasteiger partial charge in [-0.1, -0.05) is 98.1 Å². The molecule has 3 aromatic carbocycles. The Labute approximate surface area is 247 Å². The van der Waals surface area contributed by atoms with Crippen LogP contribution in [0.15, 0.2) is 78.9 Å². The van der Waals surface area contributed by atoms with E-state index in [1.165, 1.54) is 0 Å². The maximum Gasteiger partial charge on any atom is 0.407 e. The summed E-state index contributed by atoms with van der Waals surface area (Å²) in [4.78, 5) is 40.7. The van der Waals surface area contributed by atoms with Crippen LogP contribution in [-0.4, -0.2) is 60.3 Å². The highest BCUT2D eigenvalue weighted by Crippen LogP contribution is 2.44. The van der Waals surface area contributed by atoms with Gasteiger partial charge in [0, 0.05) is 25.0 Å². The Balaban J connectivity index is 1.28. The Kier molecular flexibility index (Phi) is 9.54. The third-order valence-corrected chi connectivity index (χ3v) is 8.40. The predicted octanol–water partition coefficient (Wildman–Crippen LogP) is 5.18. The van der Waals surface area contributed by atoms with Gasteiger partial charge in [0.2, 0.25) is 5.91 Å². The highest BCUT2D eigenvalue weighted by atomic mass is 16.5. The second-order valence-corrected chi connectivity index (χ2v) is 11.4. The van der Waals surface area contributed by atoms with Crippen LogP contribution in [0.3, 0.4) is 0 Å². The molecule has 0 aliphatic heterocycles. The zero-order valence-corrected chi connectivity index (χ0v) is 24.0. The monoisotopic (exact) mass is 569 g/mol. The summed E-state index contributed by atoms with van der Waals surface area (Å²) in [5, 5.41) is 15.6. The number of carbonyl (C=O) groups is 3. The zero-order valence-electron chi connectivity index (χ0n) is 24.0. The highest BCUT2D eigenvalue weighted by Gasteiger charge is 2.34. The van der Waals surface area contributed by atoms with E-state index in [9.17, 15) is 19.5 Å². The van der Waals surface area contributed by atoms with Crippen LogP contribution in [0.25, 0.3) is 11.1 Å². The maximum atomic E-state index is 13.6. The highest BCUT2D eigenvalue weighted by molar-refractivity contribution is 5.87. The molecule has 0 radical (unpaired) electrons. The molecule has 220 valence electrons. The van der Waals surface area contributed by atoms with Crippen molar-refractivity contribution < 1.29 is 24.2 Å². The quantitative estimate of drug-likeness (QED) is 0.291. The van der Waals surface area contributed by atoms with Crippen LogP contribution in [-0.2, 0) is 20.9 Å². The zero-order chi connectivity index (χ0) is 29.5. The Morgan fingerprint density at radius 1 is 0.881 bits per heavy atom. The van der Waals surface area contributed by atoms with E-state index >= 15 is 0 Å². The summed E-state index contributed by atoms with van der Waals surface area (Å²) in [6.07, 6.45) is 3.06. The van der Waals surface area contributed by atoms with Gasteiger partial charge >= 0.3 is 12.1 Å². The molecule has 3 aromatic rings. The Hall–Kier alpha value is -4.17. The molecule has 2 amide bonds. The van der Waals surface area contributed by atoms with Crippen LogP contribution in [0.5, 0.6) is 0 Å². The summed E-state index contributed by atoms with van der Waals surface area (Å²) in [7, 11) is 1.89. The number of hydrogen-bond acceptors (Lipinski definition) is 5. The normalized spacial score (nSPS) is 18.8. The van der Waals surface area contributed by atoms with Crippen molar-refractivity contribution in [3.8, 4) is 11.1 Å². The minimum absolute atomic E-state index is 0.0986. The first-order chi connectivity index (χ1) is 20.4. The maximum absolute atomic E-state index is 13.6. The number of nitrogens with zero attached hydrogens (tertiary/aromatic N) is 1. The smallest absolute Gasteiger partial charge is 0.407 e. The largest absolute Gasteiger partial charge is 0.481 e. The van der Waals surface area contributed by atoms with E-state index < -0.39 is 36.0 Å². The van der Waals surface area contributed by atoms with Crippen molar-refractivity contribution in [2.24, 2.45) is 5.92 Å². The summed E-state index contributed by atoms with van der Waals surface area (Å²) in [5.74, 6) is -2.04. The van der Waals surface area contributed by atoms with E-state index in [-0.39, 0.29) is 19.1 Å². The topological polar surface area (TPSA) is 108 Å². The number of rotatable bonds is 10. The fourth-order valence-corrected chi connectivity index (χ4v) is 6.31. The van der Waals surface area contributed by atoms with Crippen molar-refractivity contribution in [1.82, 2.24) is 15.5 Å². The lowest BCUT2D eigenvalue weighted by Crippen LogP contribution is -2.55. The minimum atomic E-state index is -0.924. The van der Waals surface area contributed by atoms with Gasteiger partial charge in [0.15, 0.2) is 0 Å². The van der Waals surface area contributed by atoms with Gasteiger partial charge in [0.05, 0.1) is 5.92 Å². The molecular formula is C34H39N3O5. The van der Waals surface area contributed by atoms with Gasteiger partial charge < -0.3 is 20.5 Å². The lowest BCUT2D eigenvalue weighted by atomic mass is 9.94. The molecule has 2 aliphatic rings. The van der Waals surface area contributed by atoms with E-state index in [0.29, 0.717) is 19.4 Å².